The van der Waals surface area contributed by atoms with Crippen molar-refractivity contribution in [1.29, 1.82) is 0 Å². The Labute approximate surface area is 179 Å². The number of nitrogens with one attached hydrogen (secondary N) is 1. The van der Waals surface area contributed by atoms with Crippen LogP contribution in [-0.4, -0.2) is 62.0 Å². The van der Waals surface area contributed by atoms with Crippen molar-refractivity contribution in [3.05, 3.63) is 39.9 Å². The van der Waals surface area contributed by atoms with Gasteiger partial charge in [0, 0.05) is 11.8 Å². The summed E-state index contributed by atoms with van der Waals surface area (Å²) < 4.78 is 5.35. The molecule has 162 valence electrons. The molecule has 3 rings (SSSR count). The number of oxime groups is 1. The van der Waals surface area contributed by atoms with Gasteiger partial charge in [-0.1, -0.05) is 11.2 Å². The van der Waals surface area contributed by atoms with E-state index < -0.39 is 36.6 Å². The molecule has 1 aromatic carbocycles. The predicted molar refractivity (Wildman–Crippen MR) is 108 cm³/mol. The first kappa shape index (κ1) is 22.0. The highest BCUT2D eigenvalue weighted by molar-refractivity contribution is 7.13. The number of carboxylic acid groups (broad SMARTS) is 2. The molecule has 31 heavy (non-hydrogen) atoms. The molecule has 1 amide bonds. The third-order valence-corrected chi connectivity index (χ3v) is 5.18. The lowest BCUT2D eigenvalue weighted by atomic mass is 9.72. The molecule has 0 saturated heterocycles. The first-order valence-corrected chi connectivity index (χ1v) is 9.77. The summed E-state index contributed by atoms with van der Waals surface area (Å²) >= 11 is 1.04. The van der Waals surface area contributed by atoms with Crippen LogP contribution >= 0.6 is 11.3 Å². The average Bonchev–Trinajstić information content (AvgIpc) is 3.12. The average molecular weight is 448 g/mol. The number of thiazole rings is 1. The number of carboxylic acids is 2. The molecule has 1 aromatic heterocycles. The summed E-state index contributed by atoms with van der Waals surface area (Å²) in [5.41, 5.74) is 5.74. The van der Waals surface area contributed by atoms with Crippen molar-refractivity contribution in [3.63, 3.8) is 0 Å². The number of aromatic nitrogens is 1. The first-order valence-electron chi connectivity index (χ1n) is 8.89. The number of anilines is 1. The number of hydrogen-bond acceptors (Lipinski definition) is 10. The van der Waals surface area contributed by atoms with Gasteiger partial charge < -0.3 is 36.1 Å². The quantitative estimate of drug-likeness (QED) is 0.142. The van der Waals surface area contributed by atoms with E-state index in [9.17, 15) is 29.7 Å². The molecule has 12 nitrogen and oxygen atoms in total. The van der Waals surface area contributed by atoms with E-state index in [-0.39, 0.29) is 41.4 Å². The number of carbonyl (C=O) groups is 3. The van der Waals surface area contributed by atoms with Crippen LogP contribution in [0.4, 0.5) is 5.13 Å². The van der Waals surface area contributed by atoms with E-state index in [4.69, 9.17) is 15.5 Å². The van der Waals surface area contributed by atoms with Gasteiger partial charge in [-0.05, 0) is 30.0 Å². The number of nitrogens with two attached hydrogens (primary N) is 1. The Morgan fingerprint density at radius 1 is 1.35 bits per heavy atom. The summed E-state index contributed by atoms with van der Waals surface area (Å²) in [6, 6.07) is 2.86. The first-order chi connectivity index (χ1) is 14.7. The van der Waals surface area contributed by atoms with Crippen LogP contribution in [0.5, 0.6) is 5.75 Å². The summed E-state index contributed by atoms with van der Waals surface area (Å²) in [5.74, 6) is -4.27. The molecule has 14 heteroatoms. The summed E-state index contributed by atoms with van der Waals surface area (Å²) in [6.45, 7) is 0. The fraction of sp³-hybridized carbons (Fsp3) is 0.235. The lowest BCUT2D eigenvalue weighted by molar-refractivity contribution is -0.137. The van der Waals surface area contributed by atoms with Gasteiger partial charge in [0.05, 0.1) is 5.94 Å². The Hall–Kier alpha value is -3.65. The van der Waals surface area contributed by atoms with E-state index in [0.717, 1.165) is 11.3 Å². The van der Waals surface area contributed by atoms with Gasteiger partial charge in [0.2, 0.25) is 0 Å². The highest BCUT2D eigenvalue weighted by Gasteiger charge is 2.39. The SMILES string of the molecule is Nc1nc(C(=NO)C(=O)NC2Cc3cc(CCC(=O)O)cc(C(=O)O)c3OB2O)cs1. The van der Waals surface area contributed by atoms with E-state index >= 15 is 0 Å². The van der Waals surface area contributed by atoms with Crippen molar-refractivity contribution >= 4 is 47.1 Å². The monoisotopic (exact) mass is 448 g/mol. The van der Waals surface area contributed by atoms with Crippen LogP contribution in [0.15, 0.2) is 22.7 Å². The Bertz CT molecular complexity index is 1070. The van der Waals surface area contributed by atoms with Crippen molar-refractivity contribution in [3.8, 4) is 5.75 Å². The van der Waals surface area contributed by atoms with Gasteiger partial charge in [0.25, 0.3) is 5.91 Å². The molecule has 0 bridgehead atoms. The molecule has 0 fully saturated rings. The topological polar surface area (TPSA) is 205 Å². The number of carbonyl (C=O) groups excluding carboxylic acids is 1. The third-order valence-electron chi connectivity index (χ3n) is 4.50. The van der Waals surface area contributed by atoms with Crippen LogP contribution in [0.1, 0.15) is 33.6 Å². The van der Waals surface area contributed by atoms with Gasteiger partial charge in [0.15, 0.2) is 10.8 Å². The van der Waals surface area contributed by atoms with Gasteiger partial charge in [0.1, 0.15) is 17.0 Å². The van der Waals surface area contributed by atoms with Gasteiger partial charge in [-0.25, -0.2) is 9.78 Å². The van der Waals surface area contributed by atoms with Gasteiger partial charge in [-0.15, -0.1) is 11.3 Å². The number of aromatic carboxylic acids is 1. The van der Waals surface area contributed by atoms with Crippen molar-refractivity contribution < 1.29 is 39.5 Å². The number of rotatable bonds is 7. The number of amides is 1. The van der Waals surface area contributed by atoms with Crippen molar-refractivity contribution in [2.24, 2.45) is 5.16 Å². The van der Waals surface area contributed by atoms with Crippen LogP contribution in [0.3, 0.4) is 0 Å². The lowest BCUT2D eigenvalue weighted by Crippen LogP contribution is -2.54. The summed E-state index contributed by atoms with van der Waals surface area (Å²) in [4.78, 5) is 38.8. The van der Waals surface area contributed by atoms with E-state index in [1.165, 1.54) is 11.4 Å². The second-order valence-electron chi connectivity index (χ2n) is 6.64. The zero-order valence-corrected chi connectivity index (χ0v) is 16.6. The fourth-order valence-corrected chi connectivity index (χ4v) is 3.66. The van der Waals surface area contributed by atoms with Crippen LogP contribution in [0, 0.1) is 0 Å². The maximum absolute atomic E-state index is 12.5. The summed E-state index contributed by atoms with van der Waals surface area (Å²) in [5, 5.41) is 44.8. The number of hydrogen-bond donors (Lipinski definition) is 6. The number of fused-ring (bicyclic) bond motifs is 1. The number of aryl methyl sites for hydroxylation is 1. The second-order valence-corrected chi connectivity index (χ2v) is 7.53. The van der Waals surface area contributed by atoms with Crippen LogP contribution < -0.4 is 15.7 Å². The van der Waals surface area contributed by atoms with Crippen molar-refractivity contribution in [2.75, 3.05) is 5.73 Å². The molecule has 1 aliphatic rings. The Morgan fingerprint density at radius 3 is 2.68 bits per heavy atom. The van der Waals surface area contributed by atoms with E-state index in [1.54, 1.807) is 6.07 Å². The maximum atomic E-state index is 12.5. The molecular formula is C17H17BN4O8S. The number of nitrogens with zero attached hydrogens (tertiary/aromatic N) is 2. The molecule has 0 spiro atoms. The molecule has 1 unspecified atom stereocenters. The van der Waals surface area contributed by atoms with Gasteiger partial charge in [-0.3, -0.25) is 9.59 Å². The zero-order chi connectivity index (χ0) is 22.7. The lowest BCUT2D eigenvalue weighted by Gasteiger charge is -2.29. The van der Waals surface area contributed by atoms with E-state index in [0.29, 0.717) is 11.1 Å². The van der Waals surface area contributed by atoms with Gasteiger partial charge >= 0.3 is 19.1 Å². The number of nitrogen functional groups attached to an aromatic ring is 1. The largest absolute Gasteiger partial charge is 0.547 e. The Kier molecular flexibility index (Phi) is 6.41. The third kappa shape index (κ3) is 4.92. The van der Waals surface area contributed by atoms with Crippen LogP contribution in [-0.2, 0) is 22.4 Å². The number of benzene rings is 1. The van der Waals surface area contributed by atoms with Crippen LogP contribution in [0.2, 0.25) is 0 Å². The normalized spacial score (nSPS) is 15.7. The Balaban J connectivity index is 1.84. The molecule has 2 heterocycles. The highest BCUT2D eigenvalue weighted by atomic mass is 32.1. The summed E-state index contributed by atoms with van der Waals surface area (Å²) in [6.07, 6.45) is -0.120. The minimum Gasteiger partial charge on any atom is -0.534 e. The second kappa shape index (κ2) is 9.01. The van der Waals surface area contributed by atoms with Crippen molar-refractivity contribution in [1.82, 2.24) is 10.3 Å². The molecule has 1 aliphatic heterocycles. The minimum atomic E-state index is -1.58. The fourth-order valence-electron chi connectivity index (χ4n) is 3.11. The molecule has 7 N–H and O–H groups in total. The highest BCUT2D eigenvalue weighted by Crippen LogP contribution is 2.32. The minimum absolute atomic E-state index is 0.0126. The Morgan fingerprint density at radius 2 is 2.10 bits per heavy atom. The zero-order valence-electron chi connectivity index (χ0n) is 15.8. The molecule has 2 aromatic rings. The van der Waals surface area contributed by atoms with E-state index in [2.05, 4.69) is 15.5 Å². The van der Waals surface area contributed by atoms with Crippen LogP contribution in [0.25, 0.3) is 0 Å². The van der Waals surface area contributed by atoms with Crippen molar-refractivity contribution in [2.45, 2.75) is 25.2 Å². The summed E-state index contributed by atoms with van der Waals surface area (Å²) in [7, 11) is -1.58. The molecule has 1 atom stereocenters. The van der Waals surface area contributed by atoms with Gasteiger partial charge in [-0.2, -0.15) is 0 Å². The molecule has 0 aliphatic carbocycles. The predicted octanol–water partition coefficient (Wildman–Crippen LogP) is -0.241. The molecular weight excluding hydrogens is 431 g/mol. The smallest absolute Gasteiger partial charge is 0.534 e. The standard InChI is InChI=1S/C17H17BN4O8S/c19-17-20-10(6-31-17)13(22-29)15(25)21-11-5-8-3-7(1-2-12(23)24)4-9(16(26)27)14(8)30-18(11)28/h3-4,6,11,28-29H,1-2,5H2,(H2,19,20)(H,21,25)(H,23,24)(H,26,27). The molecule has 0 radical (unpaired) electrons. The molecule has 0 saturated carbocycles. The van der Waals surface area contributed by atoms with E-state index in [1.807, 2.05) is 0 Å². The maximum Gasteiger partial charge on any atom is 0.547 e. The number of aliphatic carboxylic acids is 1.